The molecule has 0 atom stereocenters. The van der Waals surface area contributed by atoms with Crippen molar-refractivity contribution in [1.82, 2.24) is 10.2 Å². The third-order valence-electron chi connectivity index (χ3n) is 10.7. The molecule has 0 aliphatic carbocycles. The number of esters is 1. The molecule has 298 valence electrons. The van der Waals surface area contributed by atoms with Crippen LogP contribution in [-0.4, -0.2) is 79.9 Å². The zero-order valence-electron chi connectivity index (χ0n) is 32.8. The summed E-state index contributed by atoms with van der Waals surface area (Å²) >= 11 is 6.21. The second-order valence-corrected chi connectivity index (χ2v) is 15.6. The number of carbonyl (C=O) groups is 3. The van der Waals surface area contributed by atoms with Crippen LogP contribution in [0.1, 0.15) is 139 Å². The largest absolute Gasteiger partial charge is 1.00 e. The van der Waals surface area contributed by atoms with E-state index in [1.807, 2.05) is 24.3 Å². The Balaban J connectivity index is 0.00000972. The topological polar surface area (TPSA) is 75.7 Å². The van der Waals surface area contributed by atoms with E-state index < -0.39 is 5.60 Å². The molecule has 0 unspecified atom stereocenters. The van der Waals surface area contributed by atoms with E-state index in [0.29, 0.717) is 55.9 Å². The second kappa shape index (κ2) is 25.5. The lowest BCUT2D eigenvalue weighted by Crippen LogP contribution is -3.00. The van der Waals surface area contributed by atoms with Crippen LogP contribution in [0, 0.1) is 5.82 Å². The highest BCUT2D eigenvalue weighted by Gasteiger charge is 2.40. The molecule has 1 heterocycles. The number of hydrogen-bond acceptors (Lipinski definition) is 5. The van der Waals surface area contributed by atoms with Crippen molar-refractivity contribution in [3.63, 3.8) is 0 Å². The van der Waals surface area contributed by atoms with E-state index in [4.69, 9.17) is 16.3 Å². The molecule has 3 rings (SSSR count). The smallest absolute Gasteiger partial charge is 0.308 e. The normalized spacial score (nSPS) is 14.4. The van der Waals surface area contributed by atoms with Gasteiger partial charge in [0.15, 0.2) is 12.3 Å². The lowest BCUT2D eigenvalue weighted by molar-refractivity contribution is -0.902. The fourth-order valence-corrected chi connectivity index (χ4v) is 7.50. The third kappa shape index (κ3) is 17.7. The minimum atomic E-state index is -0.782. The van der Waals surface area contributed by atoms with Gasteiger partial charge in [-0.2, -0.15) is 0 Å². The van der Waals surface area contributed by atoms with Gasteiger partial charge in [0.2, 0.25) is 0 Å². The molecule has 0 radical (unpaired) electrons. The van der Waals surface area contributed by atoms with E-state index in [9.17, 15) is 18.8 Å². The molecular weight excluding hydrogens is 712 g/mol. The van der Waals surface area contributed by atoms with Gasteiger partial charge in [-0.1, -0.05) is 88.9 Å². The standard InChI is InChI=1S/C43H65ClFN3O4.ClH/c1-4-6-8-10-12-14-33-48(3,34-15-13-11-9-7-5-2)35-41(50)46-29-26-42(51)52-43(37-20-22-38(44)23-21-37)27-31-47(32-28-43)30-16-17-40(49)36-18-24-39(45)25-19-36;/h18-25H,4-17,26-35H2,1-3H3;1H. The van der Waals surface area contributed by atoms with Crippen molar-refractivity contribution in [1.29, 1.82) is 0 Å². The number of ketones is 1. The Kier molecular flexibility index (Phi) is 22.5. The molecule has 1 saturated heterocycles. The number of carbonyl (C=O) groups excluding carboxylic acids is 3. The Morgan fingerprint density at radius 1 is 0.792 bits per heavy atom. The first-order chi connectivity index (χ1) is 25.1. The average molecular weight is 779 g/mol. The lowest BCUT2D eigenvalue weighted by atomic mass is 9.84. The summed E-state index contributed by atoms with van der Waals surface area (Å²) in [6.45, 7) is 9.33. The van der Waals surface area contributed by atoms with E-state index in [-0.39, 0.29) is 48.8 Å². The Labute approximate surface area is 330 Å². The van der Waals surface area contributed by atoms with Crippen LogP contribution in [0.4, 0.5) is 4.39 Å². The summed E-state index contributed by atoms with van der Waals surface area (Å²) in [7, 11) is 2.22. The highest BCUT2D eigenvalue weighted by atomic mass is 35.5. The average Bonchev–Trinajstić information content (AvgIpc) is 3.12. The van der Waals surface area contributed by atoms with Crippen LogP contribution in [0.15, 0.2) is 48.5 Å². The van der Waals surface area contributed by atoms with Gasteiger partial charge in [0.1, 0.15) is 11.4 Å². The van der Waals surface area contributed by atoms with Crippen LogP contribution < -0.4 is 17.7 Å². The molecule has 1 aliphatic rings. The second-order valence-electron chi connectivity index (χ2n) is 15.2. The Hall–Kier alpha value is -2.52. The van der Waals surface area contributed by atoms with Crippen molar-refractivity contribution in [2.45, 2.75) is 129 Å². The fourth-order valence-electron chi connectivity index (χ4n) is 7.38. The number of piperidine rings is 1. The van der Waals surface area contributed by atoms with Crippen LogP contribution in [0.5, 0.6) is 0 Å². The van der Waals surface area contributed by atoms with Crippen LogP contribution in [0.25, 0.3) is 0 Å². The van der Waals surface area contributed by atoms with Gasteiger partial charge in [0.25, 0.3) is 5.91 Å². The number of unbranched alkanes of at least 4 members (excludes halogenated alkanes) is 10. The highest BCUT2D eigenvalue weighted by Crippen LogP contribution is 2.38. The van der Waals surface area contributed by atoms with Gasteiger partial charge in [-0.25, -0.2) is 4.39 Å². The molecule has 1 N–H and O–H groups in total. The summed E-state index contributed by atoms with van der Waals surface area (Å²) in [6.07, 6.45) is 17.3. The van der Waals surface area contributed by atoms with Crippen molar-refractivity contribution < 1.29 is 40.4 Å². The van der Waals surface area contributed by atoms with Gasteiger partial charge in [0.05, 0.1) is 26.6 Å². The fraction of sp³-hybridized carbons (Fsp3) is 0.651. The first-order valence-corrected chi connectivity index (χ1v) is 20.5. The Bertz CT molecular complexity index is 1320. The maximum atomic E-state index is 13.3. The molecule has 2 aromatic rings. The molecular formula is C43H66Cl2FN3O4. The number of likely N-dealkylation sites (tertiary alicyclic amines) is 1. The number of rotatable bonds is 26. The molecule has 0 bridgehead atoms. The molecule has 1 amide bonds. The highest BCUT2D eigenvalue weighted by molar-refractivity contribution is 6.30. The molecule has 1 fully saturated rings. The number of halogens is 3. The summed E-state index contributed by atoms with van der Waals surface area (Å²) in [5.41, 5.74) is 0.660. The minimum absolute atomic E-state index is 0. The number of hydrogen-bond donors (Lipinski definition) is 1. The van der Waals surface area contributed by atoms with Crippen LogP contribution in [0.2, 0.25) is 5.02 Å². The number of quaternary nitrogens is 1. The summed E-state index contributed by atoms with van der Waals surface area (Å²) in [4.78, 5) is 41.4. The van der Waals surface area contributed by atoms with Gasteiger partial charge in [-0.05, 0) is 80.6 Å². The van der Waals surface area contributed by atoms with E-state index in [2.05, 4.69) is 31.1 Å². The SMILES string of the molecule is CCCCCCCC[N+](C)(CCCCCCCC)CC(=O)NCCC(=O)OC1(c2ccc(Cl)cc2)CCN(CCCC(=O)c2ccc(F)cc2)CC1.[Cl-]. The summed E-state index contributed by atoms with van der Waals surface area (Å²) in [5.74, 6) is -0.682. The lowest BCUT2D eigenvalue weighted by Gasteiger charge is -2.41. The number of likely N-dealkylation sites (N-methyl/N-ethyl adjacent to an activating group) is 1. The van der Waals surface area contributed by atoms with E-state index >= 15 is 0 Å². The summed E-state index contributed by atoms with van der Waals surface area (Å²) in [6, 6.07) is 13.2. The maximum absolute atomic E-state index is 13.3. The molecule has 0 aromatic heterocycles. The maximum Gasteiger partial charge on any atom is 0.308 e. The van der Waals surface area contributed by atoms with Gasteiger partial charge in [0, 0.05) is 49.5 Å². The van der Waals surface area contributed by atoms with Crippen molar-refractivity contribution in [2.24, 2.45) is 0 Å². The molecule has 53 heavy (non-hydrogen) atoms. The van der Waals surface area contributed by atoms with Crippen molar-refractivity contribution >= 4 is 29.3 Å². The van der Waals surface area contributed by atoms with Gasteiger partial charge in [-0.3, -0.25) is 14.4 Å². The zero-order chi connectivity index (χ0) is 37.7. The number of amides is 1. The first kappa shape index (κ1) is 46.6. The Morgan fingerprint density at radius 2 is 1.34 bits per heavy atom. The Morgan fingerprint density at radius 3 is 1.91 bits per heavy atom. The number of nitrogens with zero attached hydrogens (tertiary/aromatic N) is 2. The third-order valence-corrected chi connectivity index (χ3v) is 10.9. The molecule has 7 nitrogen and oxygen atoms in total. The van der Waals surface area contributed by atoms with E-state index in [0.717, 1.165) is 42.5 Å². The van der Waals surface area contributed by atoms with Crippen LogP contribution in [-0.2, 0) is 19.9 Å². The number of ether oxygens (including phenoxy) is 1. The molecule has 10 heteroatoms. The number of benzene rings is 2. The van der Waals surface area contributed by atoms with Crippen LogP contribution in [0.3, 0.4) is 0 Å². The summed E-state index contributed by atoms with van der Waals surface area (Å²) in [5, 5.41) is 3.65. The van der Waals surface area contributed by atoms with E-state index in [1.54, 1.807) is 0 Å². The first-order valence-electron chi connectivity index (χ1n) is 20.2. The quantitative estimate of drug-likeness (QED) is 0.0501. The molecule has 2 aromatic carbocycles. The van der Waals surface area contributed by atoms with Gasteiger partial charge in [-0.15, -0.1) is 0 Å². The molecule has 0 spiro atoms. The van der Waals surface area contributed by atoms with Gasteiger partial charge >= 0.3 is 5.97 Å². The molecule has 0 saturated carbocycles. The van der Waals surface area contributed by atoms with E-state index in [1.165, 1.54) is 88.5 Å². The molecule has 1 aliphatic heterocycles. The number of nitrogens with one attached hydrogen (secondary N) is 1. The predicted molar refractivity (Wildman–Crippen MR) is 210 cm³/mol. The van der Waals surface area contributed by atoms with Crippen molar-refractivity contribution in [2.75, 3.05) is 52.9 Å². The van der Waals surface area contributed by atoms with Gasteiger partial charge < -0.3 is 31.8 Å². The summed E-state index contributed by atoms with van der Waals surface area (Å²) < 4.78 is 20.3. The number of Topliss-reactive ketones (excluding diaryl/α,β-unsaturated/α-hetero) is 1. The zero-order valence-corrected chi connectivity index (χ0v) is 34.3. The minimum Gasteiger partial charge on any atom is -1.00 e. The monoisotopic (exact) mass is 777 g/mol. The van der Waals surface area contributed by atoms with Crippen molar-refractivity contribution in [3.05, 3.63) is 70.5 Å². The van der Waals surface area contributed by atoms with Crippen molar-refractivity contribution in [3.8, 4) is 0 Å². The van der Waals surface area contributed by atoms with Crippen LogP contribution >= 0.6 is 11.6 Å². The predicted octanol–water partition coefficient (Wildman–Crippen LogP) is 6.65.